The van der Waals surface area contributed by atoms with E-state index in [0.29, 0.717) is 0 Å². The maximum absolute atomic E-state index is 2.19. The molecule has 0 unspecified atom stereocenters. The molecule has 0 bridgehead atoms. The number of aryl methyl sites for hydroxylation is 1. The maximum atomic E-state index is 2.19. The van der Waals surface area contributed by atoms with Gasteiger partial charge in [0.15, 0.2) is 0 Å². The van der Waals surface area contributed by atoms with Crippen LogP contribution in [0.4, 0.5) is 5.69 Å². The number of benzene rings is 1. The highest BCUT2D eigenvalue weighted by atomic mass is 28.1. The molecule has 0 aliphatic heterocycles. The van der Waals surface area contributed by atoms with Crippen molar-refractivity contribution in [3.8, 4) is 0 Å². The Labute approximate surface area is 91.6 Å². The second-order valence-corrected chi connectivity index (χ2v) is 5.23. The second-order valence-electron chi connectivity index (χ2n) is 3.82. The van der Waals surface area contributed by atoms with Gasteiger partial charge in [-0.15, -0.1) is 0 Å². The molecule has 0 radical (unpaired) electrons. The molecule has 1 rings (SSSR count). The van der Waals surface area contributed by atoms with E-state index in [-0.39, 0.29) is 0 Å². The van der Waals surface area contributed by atoms with Gasteiger partial charge in [-0.2, -0.15) is 0 Å². The first kappa shape index (κ1) is 13.2. The van der Waals surface area contributed by atoms with Crippen molar-refractivity contribution in [2.24, 2.45) is 0 Å². The van der Waals surface area contributed by atoms with E-state index in [1.807, 2.05) is 0 Å². The summed E-state index contributed by atoms with van der Waals surface area (Å²) in [7, 11) is 5.51. The van der Waals surface area contributed by atoms with Crippen LogP contribution in [0.1, 0.15) is 18.1 Å². The van der Waals surface area contributed by atoms with Crippen molar-refractivity contribution in [3.63, 3.8) is 0 Å². The van der Waals surface area contributed by atoms with E-state index in [0.717, 1.165) is 0 Å². The molecule has 1 nitrogen and oxygen atoms in total. The van der Waals surface area contributed by atoms with Crippen LogP contribution in [0.3, 0.4) is 0 Å². The lowest BCUT2D eigenvalue weighted by Gasteiger charge is -2.16. The minimum absolute atomic E-state index is 1.31. The second kappa shape index (κ2) is 6.66. The van der Waals surface area contributed by atoms with Crippen LogP contribution in [0, 0.1) is 13.8 Å². The standard InChI is InChI=1S/C10H15N.C2H8Si/c1-8-6-5-7-10(9(8)2)11(3)4;1-2-3/h5-7H,1-4H3;2H2,1,3H3. The third-order valence-corrected chi connectivity index (χ3v) is 2.06. The number of anilines is 1. The molecular weight excluding hydrogens is 186 g/mol. The minimum atomic E-state index is 1.31. The van der Waals surface area contributed by atoms with Crippen molar-refractivity contribution in [2.45, 2.75) is 26.8 Å². The molecule has 0 N–H and O–H groups in total. The fourth-order valence-electron chi connectivity index (χ4n) is 1.22. The minimum Gasteiger partial charge on any atom is -0.377 e. The van der Waals surface area contributed by atoms with Gasteiger partial charge in [0.05, 0.1) is 0 Å². The Morgan fingerprint density at radius 2 is 1.71 bits per heavy atom. The van der Waals surface area contributed by atoms with Crippen molar-refractivity contribution >= 4 is 15.9 Å². The summed E-state index contributed by atoms with van der Waals surface area (Å²) < 4.78 is 0. The lowest BCUT2D eigenvalue weighted by atomic mass is 10.1. The summed E-state index contributed by atoms with van der Waals surface area (Å²) in [4.78, 5) is 2.14. The normalized spacial score (nSPS) is 9.21. The zero-order valence-electron chi connectivity index (χ0n) is 10.4. The van der Waals surface area contributed by atoms with E-state index in [2.05, 4.69) is 58.0 Å². The molecule has 2 heteroatoms. The molecule has 0 saturated heterocycles. The largest absolute Gasteiger partial charge is 0.377 e. The Hall–Kier alpha value is -0.763. The fourth-order valence-corrected chi connectivity index (χ4v) is 1.22. The Morgan fingerprint density at radius 3 is 2.07 bits per heavy atom. The van der Waals surface area contributed by atoms with Crippen LogP contribution >= 0.6 is 0 Å². The van der Waals surface area contributed by atoms with E-state index in [1.165, 1.54) is 33.1 Å². The Kier molecular flexibility index (Phi) is 6.29. The molecule has 1 aromatic carbocycles. The van der Waals surface area contributed by atoms with Crippen LogP contribution in [-0.4, -0.2) is 24.3 Å². The van der Waals surface area contributed by atoms with Gasteiger partial charge in [0.2, 0.25) is 0 Å². The van der Waals surface area contributed by atoms with E-state index in [9.17, 15) is 0 Å². The first-order chi connectivity index (χ1) is 6.54. The summed E-state index contributed by atoms with van der Waals surface area (Å²) in [6.45, 7) is 6.49. The van der Waals surface area contributed by atoms with E-state index < -0.39 is 0 Å². The highest BCUT2D eigenvalue weighted by Gasteiger charge is 2.00. The number of hydrogen-bond acceptors (Lipinski definition) is 1. The highest BCUT2D eigenvalue weighted by Crippen LogP contribution is 2.19. The average molecular weight is 209 g/mol. The predicted molar refractivity (Wildman–Crippen MR) is 70.7 cm³/mol. The van der Waals surface area contributed by atoms with Crippen LogP contribution < -0.4 is 4.90 Å². The quantitative estimate of drug-likeness (QED) is 0.641. The van der Waals surface area contributed by atoms with Gasteiger partial charge in [0, 0.05) is 30.0 Å². The lowest BCUT2D eigenvalue weighted by molar-refractivity contribution is 1.10. The average Bonchev–Trinajstić information content (AvgIpc) is 2.10. The van der Waals surface area contributed by atoms with Crippen molar-refractivity contribution in [1.29, 1.82) is 0 Å². The van der Waals surface area contributed by atoms with Crippen molar-refractivity contribution in [2.75, 3.05) is 19.0 Å². The van der Waals surface area contributed by atoms with Crippen LogP contribution in [0.2, 0.25) is 6.04 Å². The summed E-state index contributed by atoms with van der Waals surface area (Å²) in [6, 6.07) is 7.77. The maximum Gasteiger partial charge on any atom is 0.0393 e. The molecule has 0 spiro atoms. The smallest absolute Gasteiger partial charge is 0.0393 e. The third kappa shape index (κ3) is 3.96. The molecule has 0 fully saturated rings. The van der Waals surface area contributed by atoms with Gasteiger partial charge in [-0.1, -0.05) is 25.1 Å². The van der Waals surface area contributed by atoms with Gasteiger partial charge in [-0.3, -0.25) is 0 Å². The first-order valence-corrected chi connectivity index (χ1v) is 6.69. The third-order valence-electron chi connectivity index (χ3n) is 2.06. The van der Waals surface area contributed by atoms with Gasteiger partial charge in [-0.25, -0.2) is 0 Å². The topological polar surface area (TPSA) is 3.24 Å². The fraction of sp³-hybridized carbons (Fsp3) is 0.500. The van der Waals surface area contributed by atoms with Crippen molar-refractivity contribution in [3.05, 3.63) is 29.3 Å². The first-order valence-electron chi connectivity index (χ1n) is 5.28. The molecule has 0 aromatic heterocycles. The molecule has 0 atom stereocenters. The predicted octanol–water partition coefficient (Wildman–Crippen LogP) is 2.16. The van der Waals surface area contributed by atoms with Gasteiger partial charge in [0.25, 0.3) is 0 Å². The summed E-state index contributed by atoms with van der Waals surface area (Å²) in [5.74, 6) is 0. The molecule has 0 aliphatic carbocycles. The number of nitrogens with zero attached hydrogens (tertiary/aromatic N) is 1. The Bertz CT molecular complexity index is 269. The molecule has 80 valence electrons. The van der Waals surface area contributed by atoms with Crippen LogP contribution in [0.15, 0.2) is 18.2 Å². The summed E-state index contributed by atoms with van der Waals surface area (Å²) in [6.07, 6.45) is 0. The van der Waals surface area contributed by atoms with Crippen LogP contribution in [0.25, 0.3) is 0 Å². The van der Waals surface area contributed by atoms with Gasteiger partial charge >= 0.3 is 0 Å². The molecule has 0 amide bonds. The van der Waals surface area contributed by atoms with Crippen molar-refractivity contribution in [1.82, 2.24) is 0 Å². The molecule has 0 saturated carbocycles. The monoisotopic (exact) mass is 209 g/mol. The van der Waals surface area contributed by atoms with Gasteiger partial charge in [-0.05, 0) is 31.0 Å². The lowest BCUT2D eigenvalue weighted by Crippen LogP contribution is -2.10. The SMILES string of the molecule is CC[SiH3].Cc1cccc(N(C)C)c1C. The highest BCUT2D eigenvalue weighted by molar-refractivity contribution is 6.08. The van der Waals surface area contributed by atoms with Gasteiger partial charge in [0.1, 0.15) is 0 Å². The van der Waals surface area contributed by atoms with E-state index >= 15 is 0 Å². The zero-order chi connectivity index (χ0) is 11.1. The zero-order valence-corrected chi connectivity index (χ0v) is 12.4. The Morgan fingerprint density at radius 1 is 1.21 bits per heavy atom. The van der Waals surface area contributed by atoms with E-state index in [1.54, 1.807) is 0 Å². The van der Waals surface area contributed by atoms with Crippen molar-refractivity contribution < 1.29 is 0 Å². The summed E-state index contributed by atoms with van der Waals surface area (Å²) in [5.41, 5.74) is 4.04. The summed E-state index contributed by atoms with van der Waals surface area (Å²) in [5, 5.41) is 0. The Balaban J connectivity index is 0.000000500. The number of hydrogen-bond donors (Lipinski definition) is 0. The van der Waals surface area contributed by atoms with E-state index in [4.69, 9.17) is 0 Å². The molecule has 0 heterocycles. The van der Waals surface area contributed by atoms with Crippen LogP contribution in [0.5, 0.6) is 0 Å². The molecular formula is C12H23NSi. The molecule has 0 aliphatic rings. The molecule has 14 heavy (non-hydrogen) atoms. The van der Waals surface area contributed by atoms with Crippen LogP contribution in [-0.2, 0) is 0 Å². The summed E-state index contributed by atoms with van der Waals surface area (Å²) >= 11 is 0. The molecule has 1 aromatic rings. The number of rotatable bonds is 1. The van der Waals surface area contributed by atoms with Gasteiger partial charge < -0.3 is 4.90 Å².